The van der Waals surface area contributed by atoms with Crippen molar-refractivity contribution in [1.82, 2.24) is 14.5 Å². The number of rotatable bonds is 5. The van der Waals surface area contributed by atoms with Crippen LogP contribution in [0.1, 0.15) is 11.1 Å². The van der Waals surface area contributed by atoms with Gasteiger partial charge in [0.15, 0.2) is 5.82 Å². The second kappa shape index (κ2) is 9.05. The number of benzene rings is 2. The average molecular weight is 488 g/mol. The van der Waals surface area contributed by atoms with Crippen LogP contribution in [0.3, 0.4) is 0 Å². The lowest BCUT2D eigenvalue weighted by molar-refractivity contribution is -0.385. The lowest BCUT2D eigenvalue weighted by Gasteiger charge is -2.34. The van der Waals surface area contributed by atoms with Gasteiger partial charge in [-0.25, -0.2) is 8.42 Å². The SMILES string of the molecule is Cc1ccc(-c2ccc(N3CCN(S(=O)(=O)c4cc([N+](=O)[O-])ccc4Cl)CC3)nn2)c(C)c1. The summed E-state index contributed by atoms with van der Waals surface area (Å²) in [6, 6.07) is 13.4. The summed E-state index contributed by atoms with van der Waals surface area (Å²) in [6.45, 7) is 5.28. The summed E-state index contributed by atoms with van der Waals surface area (Å²) in [6.07, 6.45) is 0. The molecule has 0 amide bonds. The molecular formula is C22H22ClN5O4S. The van der Waals surface area contributed by atoms with Gasteiger partial charge in [0.05, 0.1) is 15.6 Å². The van der Waals surface area contributed by atoms with Gasteiger partial charge in [-0.05, 0) is 37.6 Å². The summed E-state index contributed by atoms with van der Waals surface area (Å²) in [4.78, 5) is 12.1. The van der Waals surface area contributed by atoms with Gasteiger partial charge in [-0.15, -0.1) is 10.2 Å². The van der Waals surface area contributed by atoms with E-state index in [1.54, 1.807) is 0 Å². The van der Waals surface area contributed by atoms with E-state index in [2.05, 4.69) is 16.3 Å². The Morgan fingerprint density at radius 2 is 1.70 bits per heavy atom. The molecule has 0 aliphatic carbocycles. The topological polar surface area (TPSA) is 110 Å². The smallest absolute Gasteiger partial charge is 0.270 e. The third kappa shape index (κ3) is 4.68. The second-order valence-corrected chi connectivity index (χ2v) is 10.2. The molecule has 1 aromatic heterocycles. The molecule has 0 unspecified atom stereocenters. The highest BCUT2D eigenvalue weighted by Crippen LogP contribution is 2.30. The zero-order chi connectivity index (χ0) is 23.8. The van der Waals surface area contributed by atoms with E-state index in [9.17, 15) is 18.5 Å². The number of halogens is 1. The monoisotopic (exact) mass is 487 g/mol. The highest BCUT2D eigenvalue weighted by atomic mass is 35.5. The zero-order valence-electron chi connectivity index (χ0n) is 18.1. The van der Waals surface area contributed by atoms with E-state index in [0.717, 1.165) is 22.9 Å². The molecule has 0 bridgehead atoms. The van der Waals surface area contributed by atoms with Gasteiger partial charge in [0.25, 0.3) is 5.69 Å². The van der Waals surface area contributed by atoms with E-state index in [0.29, 0.717) is 18.9 Å². The number of nitrogens with zero attached hydrogens (tertiary/aromatic N) is 5. The lowest BCUT2D eigenvalue weighted by atomic mass is 10.0. The van der Waals surface area contributed by atoms with Crippen LogP contribution in [0.2, 0.25) is 5.02 Å². The first-order valence-electron chi connectivity index (χ1n) is 10.3. The zero-order valence-corrected chi connectivity index (χ0v) is 19.7. The molecule has 33 heavy (non-hydrogen) atoms. The number of aromatic nitrogens is 2. The van der Waals surface area contributed by atoms with Crippen LogP contribution in [0, 0.1) is 24.0 Å². The number of anilines is 1. The Morgan fingerprint density at radius 1 is 0.970 bits per heavy atom. The minimum absolute atomic E-state index is 0.0455. The number of hydrogen-bond donors (Lipinski definition) is 0. The van der Waals surface area contributed by atoms with Crippen molar-refractivity contribution in [1.29, 1.82) is 0 Å². The van der Waals surface area contributed by atoms with Crippen molar-refractivity contribution in [3.8, 4) is 11.3 Å². The Morgan fingerprint density at radius 3 is 2.30 bits per heavy atom. The number of piperazine rings is 1. The second-order valence-electron chi connectivity index (χ2n) is 7.86. The molecule has 1 fully saturated rings. The molecule has 11 heteroatoms. The third-order valence-electron chi connectivity index (χ3n) is 5.61. The highest BCUT2D eigenvalue weighted by Gasteiger charge is 2.31. The number of nitro groups is 1. The van der Waals surface area contributed by atoms with Crippen LogP contribution in [0.15, 0.2) is 53.4 Å². The molecule has 0 saturated carbocycles. The van der Waals surface area contributed by atoms with Crippen molar-refractivity contribution < 1.29 is 13.3 Å². The van der Waals surface area contributed by atoms with E-state index in [1.165, 1.54) is 22.0 Å². The third-order valence-corrected chi connectivity index (χ3v) is 7.99. The molecule has 3 aromatic rings. The normalized spacial score (nSPS) is 14.9. The number of nitro benzene ring substituents is 1. The highest BCUT2D eigenvalue weighted by molar-refractivity contribution is 7.89. The summed E-state index contributed by atoms with van der Waals surface area (Å²) < 4.78 is 27.4. The molecule has 1 aliphatic rings. The lowest BCUT2D eigenvalue weighted by Crippen LogP contribution is -2.49. The number of hydrogen-bond acceptors (Lipinski definition) is 7. The van der Waals surface area contributed by atoms with Crippen molar-refractivity contribution in [3.63, 3.8) is 0 Å². The van der Waals surface area contributed by atoms with Gasteiger partial charge in [-0.2, -0.15) is 4.31 Å². The molecule has 0 N–H and O–H groups in total. The molecule has 0 spiro atoms. The van der Waals surface area contributed by atoms with Gasteiger partial charge in [0.2, 0.25) is 10.0 Å². The minimum Gasteiger partial charge on any atom is -0.352 e. The molecule has 0 atom stereocenters. The van der Waals surface area contributed by atoms with Crippen LogP contribution in [0.5, 0.6) is 0 Å². The molecule has 2 heterocycles. The van der Waals surface area contributed by atoms with E-state index >= 15 is 0 Å². The molecule has 4 rings (SSSR count). The maximum Gasteiger partial charge on any atom is 0.270 e. The van der Waals surface area contributed by atoms with Crippen LogP contribution in [-0.2, 0) is 10.0 Å². The predicted octanol–water partition coefficient (Wildman–Crippen LogP) is 3.83. The molecule has 1 saturated heterocycles. The fraction of sp³-hybridized carbons (Fsp3) is 0.273. The molecular weight excluding hydrogens is 466 g/mol. The number of sulfonamides is 1. The van der Waals surface area contributed by atoms with Gasteiger partial charge in [-0.3, -0.25) is 10.1 Å². The standard InChI is InChI=1S/C22H22ClN5O4S/c1-15-3-5-18(16(2)13-15)20-7-8-22(25-24-20)26-9-11-27(12-10-26)33(31,32)21-14-17(28(29)30)4-6-19(21)23/h3-8,13-14H,9-12H2,1-2H3. The van der Waals surface area contributed by atoms with Crippen LogP contribution < -0.4 is 4.90 Å². The summed E-state index contributed by atoms with van der Waals surface area (Å²) in [5.41, 5.74) is 3.77. The largest absolute Gasteiger partial charge is 0.352 e. The van der Waals surface area contributed by atoms with Crippen molar-refractivity contribution >= 4 is 33.1 Å². The van der Waals surface area contributed by atoms with Gasteiger partial charge >= 0.3 is 0 Å². The molecule has 0 radical (unpaired) electrons. The van der Waals surface area contributed by atoms with Gasteiger partial charge in [0, 0.05) is 43.9 Å². The first-order valence-corrected chi connectivity index (χ1v) is 12.1. The molecule has 9 nitrogen and oxygen atoms in total. The summed E-state index contributed by atoms with van der Waals surface area (Å²) in [7, 11) is -3.97. The van der Waals surface area contributed by atoms with Crippen molar-refractivity contribution in [2.45, 2.75) is 18.7 Å². The van der Waals surface area contributed by atoms with E-state index < -0.39 is 14.9 Å². The summed E-state index contributed by atoms with van der Waals surface area (Å²) in [5, 5.41) is 19.7. The molecule has 172 valence electrons. The van der Waals surface area contributed by atoms with E-state index in [1.807, 2.05) is 43.0 Å². The van der Waals surface area contributed by atoms with Gasteiger partial charge < -0.3 is 4.90 Å². The van der Waals surface area contributed by atoms with Crippen LogP contribution in [-0.4, -0.2) is 54.0 Å². The Balaban J connectivity index is 1.48. The summed E-state index contributed by atoms with van der Waals surface area (Å²) >= 11 is 6.06. The minimum atomic E-state index is -3.97. The molecule has 1 aliphatic heterocycles. The van der Waals surface area contributed by atoms with Crippen LogP contribution >= 0.6 is 11.6 Å². The summed E-state index contributed by atoms with van der Waals surface area (Å²) in [5.74, 6) is 0.661. The maximum absolute atomic E-state index is 13.1. The van der Waals surface area contributed by atoms with Crippen LogP contribution in [0.25, 0.3) is 11.3 Å². The van der Waals surface area contributed by atoms with E-state index in [4.69, 9.17) is 11.6 Å². The van der Waals surface area contributed by atoms with Crippen molar-refractivity contribution in [2.24, 2.45) is 0 Å². The molecule has 2 aromatic carbocycles. The maximum atomic E-state index is 13.1. The Labute approximate surface area is 196 Å². The van der Waals surface area contributed by atoms with Gasteiger partial charge in [-0.1, -0.05) is 35.4 Å². The Bertz CT molecular complexity index is 1310. The number of aryl methyl sites for hydroxylation is 2. The first kappa shape index (κ1) is 23.1. The number of non-ortho nitro benzene ring substituents is 1. The Kier molecular flexibility index (Phi) is 6.33. The van der Waals surface area contributed by atoms with Gasteiger partial charge in [0.1, 0.15) is 4.90 Å². The van der Waals surface area contributed by atoms with Crippen molar-refractivity contribution in [3.05, 3.63) is 74.8 Å². The van der Waals surface area contributed by atoms with E-state index in [-0.39, 0.29) is 28.7 Å². The quantitative estimate of drug-likeness (QED) is 0.397. The first-order chi connectivity index (χ1) is 15.7. The average Bonchev–Trinajstić information content (AvgIpc) is 2.79. The fourth-order valence-corrected chi connectivity index (χ4v) is 5.75. The predicted molar refractivity (Wildman–Crippen MR) is 126 cm³/mol. The van der Waals surface area contributed by atoms with Crippen LogP contribution in [0.4, 0.5) is 11.5 Å². The fourth-order valence-electron chi connectivity index (χ4n) is 3.84. The van der Waals surface area contributed by atoms with Crippen molar-refractivity contribution in [2.75, 3.05) is 31.1 Å². The Hall–Kier alpha value is -3.08.